The molecule has 0 atom stereocenters. The molecule has 1 aliphatic carbocycles. The lowest BCUT2D eigenvalue weighted by molar-refractivity contribution is 0.141. The van der Waals surface area contributed by atoms with Gasteiger partial charge in [-0.15, -0.1) is 0 Å². The lowest BCUT2D eigenvalue weighted by Gasteiger charge is -2.37. The number of halogens is 1. The highest BCUT2D eigenvalue weighted by molar-refractivity contribution is 5.90. The Labute approximate surface area is 141 Å². The van der Waals surface area contributed by atoms with E-state index in [2.05, 4.69) is 15.3 Å². The maximum absolute atomic E-state index is 13.9. The second-order valence-electron chi connectivity index (χ2n) is 6.61. The van der Waals surface area contributed by atoms with Crippen molar-refractivity contribution in [1.29, 1.82) is 0 Å². The van der Waals surface area contributed by atoms with Gasteiger partial charge in [-0.3, -0.25) is 0 Å². The average molecular weight is 333 g/mol. The molecule has 1 aliphatic rings. The van der Waals surface area contributed by atoms with E-state index >= 15 is 0 Å². The lowest BCUT2D eigenvalue weighted by atomic mass is 9.72. The minimum Gasteiger partial charge on any atom is -0.494 e. The van der Waals surface area contributed by atoms with Crippen LogP contribution in [0.15, 0.2) is 18.5 Å². The van der Waals surface area contributed by atoms with Crippen LogP contribution in [0.2, 0.25) is 0 Å². The fourth-order valence-corrected chi connectivity index (χ4v) is 3.68. The number of ether oxygens (including phenoxy) is 1. The number of rotatable bonds is 6. The molecule has 1 fully saturated rings. The molecule has 0 aliphatic heterocycles. The van der Waals surface area contributed by atoms with Crippen molar-refractivity contribution in [2.75, 3.05) is 25.6 Å². The molecular formula is C18H24FN3O2. The third kappa shape index (κ3) is 3.43. The van der Waals surface area contributed by atoms with E-state index < -0.39 is 5.82 Å². The van der Waals surface area contributed by atoms with Crippen LogP contribution in [0.1, 0.15) is 38.5 Å². The number of anilines is 1. The number of hydrogen-bond donors (Lipinski definition) is 2. The molecular weight excluding hydrogens is 309 g/mol. The number of nitrogens with one attached hydrogen (secondary N) is 1. The van der Waals surface area contributed by atoms with Crippen LogP contribution >= 0.6 is 0 Å². The number of methoxy groups -OCH3 is 1. The summed E-state index contributed by atoms with van der Waals surface area (Å²) in [6.07, 6.45) is 8.12. The van der Waals surface area contributed by atoms with Crippen molar-refractivity contribution in [1.82, 2.24) is 9.97 Å². The van der Waals surface area contributed by atoms with Crippen molar-refractivity contribution in [3.8, 4) is 5.75 Å². The Morgan fingerprint density at radius 1 is 1.25 bits per heavy atom. The maximum Gasteiger partial charge on any atom is 0.167 e. The average Bonchev–Trinajstić information content (AvgIpc) is 2.60. The topological polar surface area (TPSA) is 67.3 Å². The molecule has 0 bridgehead atoms. The summed E-state index contributed by atoms with van der Waals surface area (Å²) < 4.78 is 18.9. The molecule has 6 heteroatoms. The van der Waals surface area contributed by atoms with Gasteiger partial charge in [-0.1, -0.05) is 19.3 Å². The Morgan fingerprint density at radius 3 is 2.75 bits per heavy atom. The molecule has 3 rings (SSSR count). The first-order chi connectivity index (χ1) is 11.7. The molecule has 1 heterocycles. The molecule has 24 heavy (non-hydrogen) atoms. The van der Waals surface area contributed by atoms with E-state index in [4.69, 9.17) is 4.74 Å². The van der Waals surface area contributed by atoms with Gasteiger partial charge in [0.2, 0.25) is 0 Å². The van der Waals surface area contributed by atoms with Gasteiger partial charge >= 0.3 is 0 Å². The summed E-state index contributed by atoms with van der Waals surface area (Å²) in [6, 6.07) is 3.00. The number of nitrogens with zero attached hydrogens (tertiary/aromatic N) is 2. The van der Waals surface area contributed by atoms with Gasteiger partial charge in [-0.05, 0) is 30.7 Å². The van der Waals surface area contributed by atoms with Crippen LogP contribution in [0.5, 0.6) is 5.75 Å². The van der Waals surface area contributed by atoms with Crippen molar-refractivity contribution in [3.05, 3.63) is 24.3 Å². The molecule has 1 aromatic heterocycles. The normalized spacial score (nSPS) is 17.0. The van der Waals surface area contributed by atoms with E-state index in [1.807, 2.05) is 0 Å². The Morgan fingerprint density at radius 2 is 2.04 bits per heavy atom. The first kappa shape index (κ1) is 16.9. The van der Waals surface area contributed by atoms with E-state index in [1.54, 1.807) is 6.07 Å². The van der Waals surface area contributed by atoms with Crippen LogP contribution < -0.4 is 10.1 Å². The van der Waals surface area contributed by atoms with Crippen LogP contribution in [0.4, 0.5) is 10.2 Å². The van der Waals surface area contributed by atoms with Crippen LogP contribution in [0.25, 0.3) is 10.9 Å². The molecule has 130 valence electrons. The fourth-order valence-electron chi connectivity index (χ4n) is 3.68. The standard InChI is InChI=1S/C18H24FN3O2/c1-24-16-9-13-15(10-14(16)19)21-12-22-17(13)20-11-18(7-8-23)5-3-2-4-6-18/h9-10,12,23H,2-8,11H2,1H3,(H,20,21,22). The fraction of sp³-hybridized carbons (Fsp3) is 0.556. The van der Waals surface area contributed by atoms with Gasteiger partial charge in [0.25, 0.3) is 0 Å². The minimum absolute atomic E-state index is 0.106. The molecule has 0 saturated heterocycles. The number of fused-ring (bicyclic) bond motifs is 1. The Kier molecular flexibility index (Phi) is 5.14. The van der Waals surface area contributed by atoms with Crippen molar-refractivity contribution in [2.45, 2.75) is 38.5 Å². The van der Waals surface area contributed by atoms with Gasteiger partial charge in [0.1, 0.15) is 12.1 Å². The molecule has 5 nitrogen and oxygen atoms in total. The zero-order valence-electron chi connectivity index (χ0n) is 14.0. The molecule has 0 unspecified atom stereocenters. The van der Waals surface area contributed by atoms with E-state index in [1.165, 1.54) is 38.8 Å². The maximum atomic E-state index is 13.9. The predicted molar refractivity (Wildman–Crippen MR) is 91.8 cm³/mol. The summed E-state index contributed by atoms with van der Waals surface area (Å²) in [4.78, 5) is 8.46. The Balaban J connectivity index is 1.86. The highest BCUT2D eigenvalue weighted by atomic mass is 19.1. The summed E-state index contributed by atoms with van der Waals surface area (Å²) >= 11 is 0. The van der Waals surface area contributed by atoms with E-state index in [-0.39, 0.29) is 17.8 Å². The highest BCUT2D eigenvalue weighted by Gasteiger charge is 2.31. The molecule has 1 saturated carbocycles. The SMILES string of the molecule is COc1cc2c(NCC3(CCO)CCCCC3)ncnc2cc1F. The minimum atomic E-state index is -0.432. The quantitative estimate of drug-likeness (QED) is 0.846. The number of aromatic nitrogens is 2. The summed E-state index contributed by atoms with van der Waals surface area (Å²) in [5.41, 5.74) is 0.652. The van der Waals surface area contributed by atoms with Crippen LogP contribution in [-0.2, 0) is 0 Å². The van der Waals surface area contributed by atoms with Gasteiger partial charge in [0, 0.05) is 24.6 Å². The first-order valence-electron chi connectivity index (χ1n) is 8.50. The third-order valence-electron chi connectivity index (χ3n) is 5.10. The zero-order valence-corrected chi connectivity index (χ0v) is 14.0. The van der Waals surface area contributed by atoms with Crippen LogP contribution in [-0.4, -0.2) is 35.3 Å². The molecule has 2 N–H and O–H groups in total. The molecule has 2 aromatic rings. The lowest BCUT2D eigenvalue weighted by Crippen LogP contribution is -2.33. The van der Waals surface area contributed by atoms with Gasteiger partial charge in [-0.25, -0.2) is 14.4 Å². The van der Waals surface area contributed by atoms with E-state index in [9.17, 15) is 9.50 Å². The third-order valence-corrected chi connectivity index (χ3v) is 5.10. The second-order valence-corrected chi connectivity index (χ2v) is 6.61. The van der Waals surface area contributed by atoms with Crippen LogP contribution in [0.3, 0.4) is 0 Å². The number of aliphatic hydroxyl groups is 1. The molecule has 1 aromatic carbocycles. The molecule has 0 amide bonds. The summed E-state index contributed by atoms with van der Waals surface area (Å²) in [7, 11) is 1.44. The van der Waals surface area contributed by atoms with Crippen molar-refractivity contribution in [2.24, 2.45) is 5.41 Å². The highest BCUT2D eigenvalue weighted by Crippen LogP contribution is 2.39. The smallest absolute Gasteiger partial charge is 0.167 e. The van der Waals surface area contributed by atoms with Gasteiger partial charge < -0.3 is 15.2 Å². The van der Waals surface area contributed by atoms with E-state index in [0.717, 1.165) is 31.2 Å². The molecule has 0 radical (unpaired) electrons. The van der Waals surface area contributed by atoms with Gasteiger partial charge in [-0.2, -0.15) is 0 Å². The van der Waals surface area contributed by atoms with Crippen molar-refractivity contribution < 1.29 is 14.2 Å². The number of hydrogen-bond acceptors (Lipinski definition) is 5. The monoisotopic (exact) mass is 333 g/mol. The zero-order chi connectivity index (χ0) is 17.0. The number of aliphatic hydroxyl groups excluding tert-OH is 1. The van der Waals surface area contributed by atoms with Crippen molar-refractivity contribution >= 4 is 16.7 Å². The molecule has 0 spiro atoms. The Bertz CT molecular complexity index is 696. The van der Waals surface area contributed by atoms with Gasteiger partial charge in [0.15, 0.2) is 11.6 Å². The summed E-state index contributed by atoms with van der Waals surface area (Å²) in [5, 5.41) is 13.6. The summed E-state index contributed by atoms with van der Waals surface area (Å²) in [5.74, 6) is 0.433. The first-order valence-corrected chi connectivity index (χ1v) is 8.50. The number of benzene rings is 1. The van der Waals surface area contributed by atoms with Crippen molar-refractivity contribution in [3.63, 3.8) is 0 Å². The van der Waals surface area contributed by atoms with Crippen LogP contribution in [0, 0.1) is 11.2 Å². The largest absolute Gasteiger partial charge is 0.494 e. The van der Waals surface area contributed by atoms with Gasteiger partial charge in [0.05, 0.1) is 12.6 Å². The predicted octanol–water partition coefficient (Wildman–Crippen LogP) is 3.52. The summed E-state index contributed by atoms with van der Waals surface area (Å²) in [6.45, 7) is 0.949. The van der Waals surface area contributed by atoms with E-state index in [0.29, 0.717) is 11.3 Å². The Hall–Kier alpha value is -1.95. The second kappa shape index (κ2) is 7.30.